The molecule has 33 heavy (non-hydrogen) atoms. The van der Waals surface area contributed by atoms with E-state index >= 15 is 0 Å². The molecule has 0 unspecified atom stereocenters. The summed E-state index contributed by atoms with van der Waals surface area (Å²) in [5.74, 6) is -2.33. The van der Waals surface area contributed by atoms with E-state index < -0.39 is 36.3 Å². The molecule has 0 radical (unpaired) electrons. The van der Waals surface area contributed by atoms with Crippen molar-refractivity contribution >= 4 is 56.7 Å². The van der Waals surface area contributed by atoms with Crippen molar-refractivity contribution in [1.29, 1.82) is 0 Å². The Morgan fingerprint density at radius 3 is 2.55 bits per heavy atom. The first-order chi connectivity index (χ1) is 15.6. The molecule has 1 aromatic carbocycles. The highest BCUT2D eigenvalue weighted by atomic mass is 35.5. The number of ether oxygens (including phenoxy) is 2. The van der Waals surface area contributed by atoms with Crippen molar-refractivity contribution < 1.29 is 28.7 Å². The standard InChI is InChI=1S/C23H23ClN2O6S/c1-5-31-23(30)17-11(2)19(26-12(17)3)20(28)13(4)32-16(27)10-25-22(29)21-18(24)14-8-6-7-9-15(14)33-21/h6-9,13,26H,5,10H2,1-4H3,(H,25,29)/t13-/m1/s1. The van der Waals surface area contributed by atoms with Gasteiger partial charge >= 0.3 is 11.9 Å². The zero-order valence-corrected chi connectivity index (χ0v) is 20.1. The number of aromatic nitrogens is 1. The number of Topliss-reactive ketones (excluding diaryl/α,β-unsaturated/α-hetero) is 1. The van der Waals surface area contributed by atoms with Crippen LogP contribution in [0.25, 0.3) is 10.1 Å². The van der Waals surface area contributed by atoms with Gasteiger partial charge in [-0.15, -0.1) is 11.3 Å². The maximum absolute atomic E-state index is 12.8. The maximum atomic E-state index is 12.8. The molecule has 0 saturated heterocycles. The van der Waals surface area contributed by atoms with Gasteiger partial charge < -0.3 is 19.8 Å². The summed E-state index contributed by atoms with van der Waals surface area (Å²) in [6.45, 7) is 6.16. The van der Waals surface area contributed by atoms with E-state index in [1.165, 1.54) is 18.3 Å². The number of nitrogens with one attached hydrogen (secondary N) is 2. The van der Waals surface area contributed by atoms with Gasteiger partial charge in [0.2, 0.25) is 5.78 Å². The second-order valence-corrected chi connectivity index (χ2v) is 8.70. The summed E-state index contributed by atoms with van der Waals surface area (Å²) in [5, 5.41) is 3.55. The molecule has 0 saturated carbocycles. The molecular weight excluding hydrogens is 468 g/mol. The van der Waals surface area contributed by atoms with Gasteiger partial charge in [-0.25, -0.2) is 4.79 Å². The first kappa shape index (κ1) is 24.5. The third kappa shape index (κ3) is 5.09. The minimum absolute atomic E-state index is 0.164. The molecule has 0 fully saturated rings. The molecule has 2 N–H and O–H groups in total. The van der Waals surface area contributed by atoms with Crippen molar-refractivity contribution in [3.8, 4) is 0 Å². The van der Waals surface area contributed by atoms with Gasteiger partial charge in [0, 0.05) is 15.8 Å². The van der Waals surface area contributed by atoms with Gasteiger partial charge in [0.05, 0.1) is 22.9 Å². The second-order valence-electron chi connectivity index (χ2n) is 7.27. The number of amides is 1. The van der Waals surface area contributed by atoms with Gasteiger partial charge in [0.15, 0.2) is 6.10 Å². The van der Waals surface area contributed by atoms with E-state index in [0.29, 0.717) is 21.2 Å². The van der Waals surface area contributed by atoms with Gasteiger partial charge in [-0.1, -0.05) is 29.8 Å². The highest BCUT2D eigenvalue weighted by Crippen LogP contribution is 2.34. The molecule has 174 valence electrons. The van der Waals surface area contributed by atoms with Gasteiger partial charge in [0.25, 0.3) is 5.91 Å². The zero-order valence-electron chi connectivity index (χ0n) is 18.5. The molecule has 0 aliphatic heterocycles. The lowest BCUT2D eigenvalue weighted by molar-refractivity contribution is -0.145. The number of aromatic amines is 1. The Bertz CT molecular complexity index is 1250. The number of benzene rings is 1. The van der Waals surface area contributed by atoms with Crippen molar-refractivity contribution in [1.82, 2.24) is 10.3 Å². The largest absolute Gasteiger partial charge is 0.462 e. The van der Waals surface area contributed by atoms with Crippen LogP contribution in [0.15, 0.2) is 24.3 Å². The Hall–Kier alpha value is -3.17. The molecule has 2 heterocycles. The zero-order chi connectivity index (χ0) is 24.3. The smallest absolute Gasteiger partial charge is 0.340 e. The van der Waals surface area contributed by atoms with Gasteiger partial charge in [-0.05, 0) is 39.3 Å². The summed E-state index contributed by atoms with van der Waals surface area (Å²) in [6, 6.07) is 7.32. The maximum Gasteiger partial charge on any atom is 0.340 e. The third-order valence-corrected chi connectivity index (χ3v) is 6.65. The summed E-state index contributed by atoms with van der Waals surface area (Å²) in [6.07, 6.45) is -1.13. The molecular formula is C23H23ClN2O6S. The van der Waals surface area contributed by atoms with Crippen LogP contribution in [0.2, 0.25) is 5.02 Å². The number of rotatable bonds is 8. The van der Waals surface area contributed by atoms with Crippen LogP contribution < -0.4 is 5.32 Å². The number of fused-ring (bicyclic) bond motifs is 1. The van der Waals surface area contributed by atoms with E-state index in [0.717, 1.165) is 10.1 Å². The van der Waals surface area contributed by atoms with Crippen LogP contribution in [0.3, 0.4) is 0 Å². The number of hydrogen-bond acceptors (Lipinski definition) is 7. The predicted molar refractivity (Wildman–Crippen MR) is 125 cm³/mol. The SMILES string of the molecule is CCOC(=O)c1c(C)[nH]c(C(=O)[C@@H](C)OC(=O)CNC(=O)c2sc3ccccc3c2Cl)c1C. The molecule has 3 rings (SSSR count). The van der Waals surface area contributed by atoms with Crippen molar-refractivity contribution in [3.63, 3.8) is 0 Å². The lowest BCUT2D eigenvalue weighted by Crippen LogP contribution is -2.34. The Morgan fingerprint density at radius 2 is 1.88 bits per heavy atom. The van der Waals surface area contributed by atoms with Crippen molar-refractivity contribution in [2.75, 3.05) is 13.2 Å². The normalized spacial score (nSPS) is 11.8. The van der Waals surface area contributed by atoms with Crippen molar-refractivity contribution in [2.45, 2.75) is 33.8 Å². The molecule has 0 spiro atoms. The molecule has 10 heteroatoms. The fourth-order valence-electron chi connectivity index (χ4n) is 3.39. The van der Waals surface area contributed by atoms with E-state index in [1.54, 1.807) is 20.8 Å². The van der Waals surface area contributed by atoms with Gasteiger partial charge in [-0.3, -0.25) is 14.4 Å². The first-order valence-electron chi connectivity index (χ1n) is 10.2. The van der Waals surface area contributed by atoms with Crippen LogP contribution in [-0.4, -0.2) is 47.9 Å². The van der Waals surface area contributed by atoms with Crippen LogP contribution in [0.1, 0.15) is 55.6 Å². The number of ketones is 1. The van der Waals surface area contributed by atoms with Crippen molar-refractivity contribution in [2.24, 2.45) is 0 Å². The lowest BCUT2D eigenvalue weighted by atomic mass is 10.1. The number of halogens is 1. The van der Waals surface area contributed by atoms with E-state index in [4.69, 9.17) is 21.1 Å². The molecule has 0 bridgehead atoms. The molecule has 3 aromatic rings. The van der Waals surface area contributed by atoms with Crippen LogP contribution in [0.5, 0.6) is 0 Å². The Balaban J connectivity index is 1.62. The Kier molecular flexibility index (Phi) is 7.55. The summed E-state index contributed by atoms with van der Waals surface area (Å²) >= 11 is 7.50. The minimum atomic E-state index is -1.13. The van der Waals surface area contributed by atoms with Crippen molar-refractivity contribution in [3.05, 3.63) is 56.7 Å². The summed E-state index contributed by atoms with van der Waals surface area (Å²) in [5.41, 5.74) is 1.36. The van der Waals surface area contributed by atoms with E-state index in [9.17, 15) is 19.2 Å². The Labute approximate surface area is 199 Å². The van der Waals surface area contributed by atoms with E-state index in [2.05, 4.69) is 10.3 Å². The summed E-state index contributed by atoms with van der Waals surface area (Å²) in [7, 11) is 0. The van der Waals surface area contributed by atoms with Gasteiger partial charge in [0.1, 0.15) is 11.4 Å². The number of aryl methyl sites for hydroxylation is 1. The first-order valence-corrected chi connectivity index (χ1v) is 11.4. The fraction of sp³-hybridized carbons (Fsp3) is 0.304. The number of carbonyl (C=O) groups excluding carboxylic acids is 4. The monoisotopic (exact) mass is 490 g/mol. The highest BCUT2D eigenvalue weighted by Gasteiger charge is 2.28. The quantitative estimate of drug-likeness (QED) is 0.361. The number of H-pyrrole nitrogens is 1. The number of esters is 2. The third-order valence-electron chi connectivity index (χ3n) is 4.98. The average molecular weight is 491 g/mol. The van der Waals surface area contributed by atoms with E-state index in [-0.39, 0.29) is 17.9 Å². The van der Waals surface area contributed by atoms with Crippen LogP contribution >= 0.6 is 22.9 Å². The number of thiophene rings is 1. The predicted octanol–water partition coefficient (Wildman–Crippen LogP) is 4.22. The Morgan fingerprint density at radius 1 is 1.18 bits per heavy atom. The summed E-state index contributed by atoms with van der Waals surface area (Å²) < 4.78 is 11.1. The topological polar surface area (TPSA) is 115 Å². The molecule has 1 atom stereocenters. The highest BCUT2D eigenvalue weighted by molar-refractivity contribution is 7.21. The molecule has 1 amide bonds. The molecule has 2 aromatic heterocycles. The molecule has 0 aliphatic carbocycles. The van der Waals surface area contributed by atoms with Gasteiger partial charge in [-0.2, -0.15) is 0 Å². The lowest BCUT2D eigenvalue weighted by Gasteiger charge is -2.12. The average Bonchev–Trinajstić information content (AvgIpc) is 3.27. The molecule has 8 nitrogen and oxygen atoms in total. The van der Waals surface area contributed by atoms with Crippen LogP contribution in [0, 0.1) is 13.8 Å². The number of hydrogen-bond donors (Lipinski definition) is 2. The fourth-order valence-corrected chi connectivity index (χ4v) is 4.83. The minimum Gasteiger partial charge on any atom is -0.462 e. The summed E-state index contributed by atoms with van der Waals surface area (Å²) in [4.78, 5) is 52.8. The number of carbonyl (C=O) groups is 4. The van der Waals surface area contributed by atoms with Crippen LogP contribution in [0.4, 0.5) is 0 Å². The molecule has 0 aliphatic rings. The second kappa shape index (κ2) is 10.2. The van der Waals surface area contributed by atoms with Crippen LogP contribution in [-0.2, 0) is 14.3 Å². The van der Waals surface area contributed by atoms with E-state index in [1.807, 2.05) is 24.3 Å².